The van der Waals surface area contributed by atoms with E-state index >= 15 is 0 Å². The van der Waals surface area contributed by atoms with Crippen LogP contribution in [0.4, 0.5) is 8.78 Å². The topological polar surface area (TPSA) is 66.5 Å². The van der Waals surface area contributed by atoms with Gasteiger partial charge in [-0.3, -0.25) is 4.79 Å². The molecule has 1 saturated carbocycles. The molecule has 3 aromatic rings. The summed E-state index contributed by atoms with van der Waals surface area (Å²) in [5.74, 6) is -1.93. The molecular formula is C29H32F2N2O3S. The zero-order valence-electron chi connectivity index (χ0n) is 20.9. The average Bonchev–Trinajstić information content (AvgIpc) is 2.88. The van der Waals surface area contributed by atoms with Crippen LogP contribution in [0.5, 0.6) is 0 Å². The number of rotatable bonds is 9. The maximum absolute atomic E-state index is 13.9. The summed E-state index contributed by atoms with van der Waals surface area (Å²) in [6.45, 7) is 2.81. The third-order valence-electron chi connectivity index (χ3n) is 6.94. The minimum Gasteiger partial charge on any atom is -0.352 e. The average molecular weight is 527 g/mol. The van der Waals surface area contributed by atoms with E-state index in [9.17, 15) is 22.0 Å². The summed E-state index contributed by atoms with van der Waals surface area (Å²) in [4.78, 5) is 12.3. The number of hydrogen-bond donors (Lipinski definition) is 1. The van der Waals surface area contributed by atoms with Gasteiger partial charge >= 0.3 is 0 Å². The van der Waals surface area contributed by atoms with Crippen molar-refractivity contribution in [3.8, 4) is 0 Å². The third kappa shape index (κ3) is 7.23. The molecule has 0 bridgehead atoms. The molecule has 196 valence electrons. The van der Waals surface area contributed by atoms with E-state index in [4.69, 9.17) is 0 Å². The van der Waals surface area contributed by atoms with Crippen molar-refractivity contribution in [3.63, 3.8) is 0 Å². The number of hydrogen-bond acceptors (Lipinski definition) is 3. The molecule has 1 N–H and O–H groups in total. The van der Waals surface area contributed by atoms with Gasteiger partial charge in [0.15, 0.2) is 0 Å². The maximum Gasteiger partial charge on any atom is 0.243 e. The Morgan fingerprint density at radius 3 is 2.14 bits per heavy atom. The highest BCUT2D eigenvalue weighted by molar-refractivity contribution is 7.89. The molecule has 1 amide bonds. The van der Waals surface area contributed by atoms with E-state index in [-0.39, 0.29) is 30.8 Å². The summed E-state index contributed by atoms with van der Waals surface area (Å²) in [6.07, 6.45) is 2.72. The highest BCUT2D eigenvalue weighted by Crippen LogP contribution is 2.32. The quantitative estimate of drug-likeness (QED) is 0.396. The minimum absolute atomic E-state index is 0.0167. The summed E-state index contributed by atoms with van der Waals surface area (Å²) in [7, 11) is -4.14. The van der Waals surface area contributed by atoms with Crippen LogP contribution in [0.15, 0.2) is 77.7 Å². The van der Waals surface area contributed by atoms with Gasteiger partial charge < -0.3 is 5.32 Å². The van der Waals surface area contributed by atoms with Crippen LogP contribution in [0.25, 0.3) is 0 Å². The molecule has 37 heavy (non-hydrogen) atoms. The molecule has 8 heteroatoms. The van der Waals surface area contributed by atoms with Gasteiger partial charge in [-0.1, -0.05) is 60.2 Å². The predicted octanol–water partition coefficient (Wildman–Crippen LogP) is 5.59. The molecule has 0 atom stereocenters. The van der Waals surface area contributed by atoms with E-state index in [2.05, 4.69) is 5.32 Å². The Balaban J connectivity index is 1.41. The Hall–Kier alpha value is -3.10. The number of halogens is 2. The fourth-order valence-corrected chi connectivity index (χ4v) is 6.34. The lowest BCUT2D eigenvalue weighted by Crippen LogP contribution is -2.38. The molecule has 1 aliphatic rings. The second kappa shape index (κ2) is 12.0. The Labute approximate surface area is 217 Å². The van der Waals surface area contributed by atoms with Crippen LogP contribution < -0.4 is 5.32 Å². The Kier molecular flexibility index (Phi) is 8.71. The summed E-state index contributed by atoms with van der Waals surface area (Å²) >= 11 is 0. The Bertz CT molecular complexity index is 1290. The molecule has 0 spiro atoms. The first kappa shape index (κ1) is 26.9. The van der Waals surface area contributed by atoms with Crippen LogP contribution >= 0.6 is 0 Å². The highest BCUT2D eigenvalue weighted by Gasteiger charge is 2.32. The first-order valence-electron chi connectivity index (χ1n) is 12.5. The SMILES string of the molecule is Cc1ccc(CNC(=O)C2CCC(CN(Cc3ccccc3)S(=O)(=O)c3cc(F)cc(F)c3)CC2)cc1. The zero-order chi connectivity index (χ0) is 26.4. The van der Waals surface area contributed by atoms with E-state index < -0.39 is 26.6 Å². The predicted molar refractivity (Wildman–Crippen MR) is 139 cm³/mol. The number of carbonyl (C=O) groups is 1. The molecule has 1 aliphatic carbocycles. The molecule has 0 heterocycles. The standard InChI is InChI=1S/C29H32F2N2O3S/c1-21-7-9-22(10-8-21)18-32-29(34)25-13-11-24(12-14-25)20-33(19-23-5-3-2-4-6-23)37(35,36)28-16-26(30)15-27(31)17-28/h2-10,15-17,24-25H,11-14,18-20H2,1H3,(H,32,34). The van der Waals surface area contributed by atoms with E-state index in [1.165, 1.54) is 9.87 Å². The molecule has 5 nitrogen and oxygen atoms in total. The molecule has 3 aromatic carbocycles. The maximum atomic E-state index is 13.9. The van der Waals surface area contributed by atoms with Gasteiger partial charge in [-0.15, -0.1) is 0 Å². The van der Waals surface area contributed by atoms with Crippen molar-refractivity contribution < 1.29 is 22.0 Å². The normalized spacial score (nSPS) is 18.1. The molecular weight excluding hydrogens is 494 g/mol. The number of sulfonamides is 1. The number of amides is 1. The fourth-order valence-electron chi connectivity index (χ4n) is 4.80. The van der Waals surface area contributed by atoms with Gasteiger partial charge in [0.05, 0.1) is 4.90 Å². The largest absolute Gasteiger partial charge is 0.352 e. The van der Waals surface area contributed by atoms with Crippen molar-refractivity contribution in [1.82, 2.24) is 9.62 Å². The third-order valence-corrected chi connectivity index (χ3v) is 8.73. The summed E-state index contributed by atoms with van der Waals surface area (Å²) < 4.78 is 55.9. The smallest absolute Gasteiger partial charge is 0.243 e. The lowest BCUT2D eigenvalue weighted by Gasteiger charge is -2.32. The summed E-state index contributed by atoms with van der Waals surface area (Å²) in [5.41, 5.74) is 2.99. The minimum atomic E-state index is -4.14. The number of carbonyl (C=O) groups excluding carboxylic acids is 1. The van der Waals surface area contributed by atoms with Crippen molar-refractivity contribution in [2.24, 2.45) is 11.8 Å². The lowest BCUT2D eigenvalue weighted by atomic mass is 9.81. The van der Waals surface area contributed by atoms with E-state index in [0.29, 0.717) is 38.3 Å². The number of nitrogens with zero attached hydrogens (tertiary/aromatic N) is 1. The number of aryl methyl sites for hydroxylation is 1. The molecule has 1 fully saturated rings. The van der Waals surface area contributed by atoms with E-state index in [0.717, 1.165) is 23.3 Å². The van der Waals surface area contributed by atoms with Gasteiger partial charge in [-0.25, -0.2) is 17.2 Å². The van der Waals surface area contributed by atoms with Crippen molar-refractivity contribution in [2.75, 3.05) is 6.54 Å². The van der Waals surface area contributed by atoms with Gasteiger partial charge in [0.2, 0.25) is 15.9 Å². The van der Waals surface area contributed by atoms with Crippen LogP contribution in [0, 0.1) is 30.4 Å². The number of nitrogens with one attached hydrogen (secondary N) is 1. The van der Waals surface area contributed by atoms with Crippen LogP contribution in [0.3, 0.4) is 0 Å². The van der Waals surface area contributed by atoms with Gasteiger partial charge in [0.25, 0.3) is 0 Å². The lowest BCUT2D eigenvalue weighted by molar-refractivity contribution is -0.126. The second-order valence-corrected chi connectivity index (χ2v) is 11.7. The molecule has 0 unspecified atom stereocenters. The zero-order valence-corrected chi connectivity index (χ0v) is 21.7. The van der Waals surface area contributed by atoms with Crippen LogP contribution in [0.1, 0.15) is 42.4 Å². The molecule has 4 rings (SSSR count). The van der Waals surface area contributed by atoms with Crippen LogP contribution in [-0.2, 0) is 27.9 Å². The van der Waals surface area contributed by atoms with Crippen LogP contribution in [0.2, 0.25) is 0 Å². The molecule has 0 aromatic heterocycles. The van der Waals surface area contributed by atoms with Crippen molar-refractivity contribution in [1.29, 1.82) is 0 Å². The summed E-state index contributed by atoms with van der Waals surface area (Å²) in [6, 6.07) is 19.5. The fraction of sp³-hybridized carbons (Fsp3) is 0.345. The van der Waals surface area contributed by atoms with Crippen molar-refractivity contribution >= 4 is 15.9 Å². The van der Waals surface area contributed by atoms with Gasteiger partial charge in [-0.2, -0.15) is 4.31 Å². The monoisotopic (exact) mass is 526 g/mol. The second-order valence-electron chi connectivity index (χ2n) is 9.81. The number of benzene rings is 3. The Morgan fingerprint density at radius 1 is 0.892 bits per heavy atom. The first-order valence-corrected chi connectivity index (χ1v) is 14.0. The van der Waals surface area contributed by atoms with Crippen molar-refractivity contribution in [3.05, 3.63) is 101 Å². The Morgan fingerprint density at radius 2 is 1.51 bits per heavy atom. The molecule has 0 radical (unpaired) electrons. The van der Waals surface area contributed by atoms with Gasteiger partial charge in [0, 0.05) is 31.6 Å². The highest BCUT2D eigenvalue weighted by atomic mass is 32.2. The molecule has 0 aliphatic heterocycles. The van der Waals surface area contributed by atoms with E-state index in [1.807, 2.05) is 61.5 Å². The molecule has 0 saturated heterocycles. The van der Waals surface area contributed by atoms with Gasteiger partial charge in [-0.05, 0) is 61.8 Å². The first-order chi connectivity index (χ1) is 17.7. The van der Waals surface area contributed by atoms with E-state index in [1.54, 1.807) is 0 Å². The van der Waals surface area contributed by atoms with Crippen LogP contribution in [-0.4, -0.2) is 25.2 Å². The van der Waals surface area contributed by atoms with Gasteiger partial charge in [0.1, 0.15) is 11.6 Å². The van der Waals surface area contributed by atoms with Crippen molar-refractivity contribution in [2.45, 2.75) is 50.6 Å². The summed E-state index contributed by atoms with van der Waals surface area (Å²) in [5, 5.41) is 3.02.